The highest BCUT2D eigenvalue weighted by Crippen LogP contribution is 2.30. The van der Waals surface area contributed by atoms with Crippen LogP contribution in [0.15, 0.2) is 54.6 Å². The maximum absolute atomic E-state index is 13.1. The van der Waals surface area contributed by atoms with Crippen LogP contribution in [0, 0.1) is 6.92 Å². The molecule has 0 unspecified atom stereocenters. The van der Waals surface area contributed by atoms with Gasteiger partial charge in [-0.05, 0) is 24.5 Å². The van der Waals surface area contributed by atoms with E-state index in [1.165, 1.54) is 4.90 Å². The van der Waals surface area contributed by atoms with Gasteiger partial charge in [0, 0.05) is 12.8 Å². The number of aryl methyl sites for hydroxylation is 1. The van der Waals surface area contributed by atoms with Crippen molar-refractivity contribution < 1.29 is 14.4 Å². The molecule has 2 saturated heterocycles. The van der Waals surface area contributed by atoms with Gasteiger partial charge in [-0.1, -0.05) is 60.2 Å². The van der Waals surface area contributed by atoms with Gasteiger partial charge in [0.2, 0.25) is 5.91 Å². The second kappa shape index (κ2) is 7.46. The molecule has 0 bridgehead atoms. The number of amides is 4. The Hall–Kier alpha value is -3.15. The smallest absolute Gasteiger partial charge is 0.325 e. The summed E-state index contributed by atoms with van der Waals surface area (Å²) in [5.41, 5.74) is 3.04. The van der Waals surface area contributed by atoms with Gasteiger partial charge >= 0.3 is 6.03 Å². The fraction of sp³-hybridized carbons (Fsp3) is 0.318. The van der Waals surface area contributed by atoms with Crippen molar-refractivity contribution in [3.63, 3.8) is 0 Å². The molecule has 0 spiro atoms. The summed E-state index contributed by atoms with van der Waals surface area (Å²) in [5, 5.41) is 5.78. The zero-order chi connectivity index (χ0) is 19.7. The first kappa shape index (κ1) is 18.2. The second-order valence-electron chi connectivity index (χ2n) is 7.46. The van der Waals surface area contributed by atoms with E-state index in [4.69, 9.17) is 0 Å². The topological polar surface area (TPSA) is 78.5 Å². The van der Waals surface area contributed by atoms with Crippen molar-refractivity contribution in [1.29, 1.82) is 0 Å². The molecule has 6 heteroatoms. The highest BCUT2D eigenvalue weighted by atomic mass is 16.2. The van der Waals surface area contributed by atoms with Crippen molar-refractivity contribution in [2.75, 3.05) is 0 Å². The molecule has 2 heterocycles. The number of imide groups is 1. The van der Waals surface area contributed by atoms with Crippen molar-refractivity contribution in [1.82, 2.24) is 15.5 Å². The van der Waals surface area contributed by atoms with E-state index in [-0.39, 0.29) is 17.8 Å². The zero-order valence-corrected chi connectivity index (χ0v) is 15.7. The first-order chi connectivity index (χ1) is 13.5. The minimum absolute atomic E-state index is 0.0617. The number of piperidine rings is 1. The van der Waals surface area contributed by atoms with Gasteiger partial charge in [0.25, 0.3) is 5.91 Å². The average Bonchev–Trinajstić information content (AvgIpc) is 2.97. The Bertz CT molecular complexity index is 895. The molecule has 2 aliphatic rings. The van der Waals surface area contributed by atoms with E-state index in [0.717, 1.165) is 16.7 Å². The van der Waals surface area contributed by atoms with Crippen molar-refractivity contribution in [3.8, 4) is 0 Å². The minimum atomic E-state index is -0.579. The van der Waals surface area contributed by atoms with Gasteiger partial charge in [-0.2, -0.15) is 0 Å². The van der Waals surface area contributed by atoms with Gasteiger partial charge in [0.1, 0.15) is 6.04 Å². The Kier molecular flexibility index (Phi) is 4.86. The lowest BCUT2D eigenvalue weighted by molar-refractivity contribution is -0.133. The first-order valence-electron chi connectivity index (χ1n) is 9.56. The second-order valence-corrected chi connectivity index (χ2v) is 7.46. The lowest BCUT2D eigenvalue weighted by atomic mass is 9.90. The number of benzene rings is 2. The number of hydrogen-bond donors (Lipinski definition) is 2. The average molecular weight is 377 g/mol. The molecule has 0 aliphatic carbocycles. The molecule has 2 fully saturated rings. The van der Waals surface area contributed by atoms with Crippen LogP contribution in [-0.4, -0.2) is 34.8 Å². The molecule has 28 heavy (non-hydrogen) atoms. The van der Waals surface area contributed by atoms with E-state index in [2.05, 4.69) is 10.6 Å². The van der Waals surface area contributed by atoms with Crippen molar-refractivity contribution in [2.24, 2.45) is 0 Å². The summed E-state index contributed by atoms with van der Waals surface area (Å²) in [7, 11) is 0. The Morgan fingerprint density at radius 1 is 0.964 bits per heavy atom. The Morgan fingerprint density at radius 2 is 1.68 bits per heavy atom. The van der Waals surface area contributed by atoms with E-state index in [0.29, 0.717) is 19.3 Å². The molecule has 0 radical (unpaired) electrons. The van der Waals surface area contributed by atoms with E-state index in [9.17, 15) is 14.4 Å². The standard InChI is InChI=1S/C22H23N3O3/c1-14-7-9-15(10-8-14)13-17-21(27)25(22(28)23-17)18-11-12-19(26)24-20(18)16-5-3-2-4-6-16/h2-10,17-18,20H,11-13H2,1H3,(H,23,28)(H,24,26)/t17-,18-,20+/m1/s1. The van der Waals surface area contributed by atoms with Crippen molar-refractivity contribution in [3.05, 3.63) is 71.3 Å². The summed E-state index contributed by atoms with van der Waals surface area (Å²) in [6.45, 7) is 2.01. The number of urea groups is 1. The fourth-order valence-corrected chi connectivity index (χ4v) is 3.99. The Morgan fingerprint density at radius 3 is 2.39 bits per heavy atom. The summed E-state index contributed by atoms with van der Waals surface area (Å²) in [6.07, 6.45) is 1.21. The maximum Gasteiger partial charge on any atom is 0.325 e. The molecule has 0 saturated carbocycles. The third-order valence-electron chi connectivity index (χ3n) is 5.47. The van der Waals surface area contributed by atoms with Crippen LogP contribution in [0.5, 0.6) is 0 Å². The largest absolute Gasteiger partial charge is 0.347 e. The van der Waals surface area contributed by atoms with Gasteiger partial charge < -0.3 is 10.6 Å². The molecule has 3 atom stereocenters. The fourth-order valence-electron chi connectivity index (χ4n) is 3.99. The monoisotopic (exact) mass is 377 g/mol. The molecule has 0 aromatic heterocycles. The summed E-state index contributed by atoms with van der Waals surface area (Å²) in [6, 6.07) is 15.7. The minimum Gasteiger partial charge on any atom is -0.347 e. The van der Waals surface area contributed by atoms with Crippen molar-refractivity contribution >= 4 is 17.8 Å². The van der Waals surface area contributed by atoms with Crippen LogP contribution in [0.25, 0.3) is 0 Å². The van der Waals surface area contributed by atoms with Crippen LogP contribution >= 0.6 is 0 Å². The van der Waals surface area contributed by atoms with Crippen LogP contribution < -0.4 is 10.6 Å². The van der Waals surface area contributed by atoms with Crippen molar-refractivity contribution in [2.45, 2.75) is 44.3 Å². The van der Waals surface area contributed by atoms with Crippen LogP contribution in [0.4, 0.5) is 4.79 Å². The first-order valence-corrected chi connectivity index (χ1v) is 9.56. The van der Waals surface area contributed by atoms with Crippen LogP contribution in [0.1, 0.15) is 35.6 Å². The third-order valence-corrected chi connectivity index (χ3v) is 5.47. The lowest BCUT2D eigenvalue weighted by Gasteiger charge is -2.36. The Balaban J connectivity index is 1.56. The highest BCUT2D eigenvalue weighted by Gasteiger charge is 2.46. The van der Waals surface area contributed by atoms with Gasteiger partial charge in [-0.25, -0.2) is 4.79 Å². The molecule has 2 aromatic carbocycles. The zero-order valence-electron chi connectivity index (χ0n) is 15.7. The quantitative estimate of drug-likeness (QED) is 0.804. The number of rotatable bonds is 4. The summed E-state index contributed by atoms with van der Waals surface area (Å²) in [5.74, 6) is -0.291. The molecule has 2 aliphatic heterocycles. The van der Waals surface area contributed by atoms with E-state index < -0.39 is 18.1 Å². The number of carbonyl (C=O) groups excluding carboxylic acids is 3. The van der Waals surface area contributed by atoms with E-state index in [1.54, 1.807) is 0 Å². The molecular weight excluding hydrogens is 354 g/mol. The van der Waals surface area contributed by atoms with Crippen LogP contribution in [0.2, 0.25) is 0 Å². The number of nitrogens with one attached hydrogen (secondary N) is 2. The normalized spacial score (nSPS) is 24.8. The van der Waals surface area contributed by atoms with Crippen LogP contribution in [-0.2, 0) is 16.0 Å². The molecule has 2 N–H and O–H groups in total. The van der Waals surface area contributed by atoms with Gasteiger partial charge in [-0.3, -0.25) is 14.5 Å². The summed E-state index contributed by atoms with van der Waals surface area (Å²) < 4.78 is 0. The molecule has 144 valence electrons. The maximum atomic E-state index is 13.1. The molecule has 4 rings (SSSR count). The highest BCUT2D eigenvalue weighted by molar-refractivity contribution is 6.05. The Labute approximate surface area is 163 Å². The van der Waals surface area contributed by atoms with E-state index >= 15 is 0 Å². The molecular formula is C22H23N3O3. The lowest BCUT2D eigenvalue weighted by Crippen LogP contribution is -2.52. The SMILES string of the molecule is Cc1ccc(C[C@H]2NC(=O)N([C@@H]3CCC(=O)N[C@H]3c3ccccc3)C2=O)cc1. The predicted octanol–water partition coefficient (Wildman–Crippen LogP) is 2.48. The number of hydrogen-bond acceptors (Lipinski definition) is 3. The van der Waals surface area contributed by atoms with Gasteiger partial charge in [0.15, 0.2) is 0 Å². The molecule has 2 aromatic rings. The van der Waals surface area contributed by atoms with Gasteiger partial charge in [-0.15, -0.1) is 0 Å². The number of carbonyl (C=O) groups is 3. The van der Waals surface area contributed by atoms with Crippen LogP contribution in [0.3, 0.4) is 0 Å². The number of nitrogens with zero attached hydrogens (tertiary/aromatic N) is 1. The summed E-state index contributed by atoms with van der Waals surface area (Å²) in [4.78, 5) is 39.1. The molecule has 4 amide bonds. The summed E-state index contributed by atoms with van der Waals surface area (Å²) >= 11 is 0. The third kappa shape index (κ3) is 3.50. The molecule has 6 nitrogen and oxygen atoms in total. The predicted molar refractivity (Wildman–Crippen MR) is 104 cm³/mol. The van der Waals surface area contributed by atoms with E-state index in [1.807, 2.05) is 61.5 Å². The van der Waals surface area contributed by atoms with Gasteiger partial charge in [0.05, 0.1) is 12.1 Å².